The van der Waals surface area contributed by atoms with E-state index in [0.29, 0.717) is 38.3 Å². The molecule has 9 heteroatoms. The average Bonchev–Trinajstić information content (AvgIpc) is 2.77. The minimum atomic E-state index is -0.416. The Bertz CT molecular complexity index is 1160. The fourth-order valence-electron chi connectivity index (χ4n) is 2.62. The van der Waals surface area contributed by atoms with E-state index in [1.807, 2.05) is 0 Å². The van der Waals surface area contributed by atoms with Crippen LogP contribution in [0.3, 0.4) is 0 Å². The summed E-state index contributed by atoms with van der Waals surface area (Å²) in [6.45, 7) is 1.54. The van der Waals surface area contributed by atoms with Crippen LogP contribution >= 0.6 is 34.8 Å². The standard InChI is InChI=1S/C23H18Cl3N3O3/c1-14(28-29-22(30)13-32-19-8-5-16(24)6-9-19)15-3-2-4-18(11-15)27-23(31)20-10-7-17(25)12-21(20)26/h2-12H,13H2,1H3,(H,27,31)(H,29,30)/b28-14-. The molecular weight excluding hydrogens is 473 g/mol. The van der Waals surface area contributed by atoms with Crippen molar-refractivity contribution in [2.45, 2.75) is 6.92 Å². The molecule has 0 aromatic heterocycles. The maximum absolute atomic E-state index is 12.5. The zero-order valence-corrected chi connectivity index (χ0v) is 19.1. The van der Waals surface area contributed by atoms with Crippen LogP contribution < -0.4 is 15.5 Å². The molecule has 32 heavy (non-hydrogen) atoms. The summed E-state index contributed by atoms with van der Waals surface area (Å²) in [6.07, 6.45) is 0. The normalized spacial score (nSPS) is 11.1. The molecule has 3 aromatic carbocycles. The van der Waals surface area contributed by atoms with Gasteiger partial charge < -0.3 is 10.1 Å². The van der Waals surface area contributed by atoms with Crippen molar-refractivity contribution in [1.82, 2.24) is 5.43 Å². The smallest absolute Gasteiger partial charge is 0.277 e. The van der Waals surface area contributed by atoms with Crippen LogP contribution in [0, 0.1) is 0 Å². The lowest BCUT2D eigenvalue weighted by Crippen LogP contribution is -2.25. The monoisotopic (exact) mass is 489 g/mol. The zero-order chi connectivity index (χ0) is 23.1. The number of nitrogens with zero attached hydrogens (tertiary/aromatic N) is 1. The number of ether oxygens (including phenoxy) is 1. The van der Waals surface area contributed by atoms with Gasteiger partial charge in [-0.1, -0.05) is 46.9 Å². The van der Waals surface area contributed by atoms with Crippen LogP contribution in [-0.4, -0.2) is 24.1 Å². The second-order valence-corrected chi connectivity index (χ2v) is 7.91. The molecule has 6 nitrogen and oxygen atoms in total. The van der Waals surface area contributed by atoms with Crippen molar-refractivity contribution in [3.8, 4) is 5.75 Å². The van der Waals surface area contributed by atoms with Crippen molar-refractivity contribution < 1.29 is 14.3 Å². The molecule has 3 rings (SSSR count). The van der Waals surface area contributed by atoms with E-state index in [0.717, 1.165) is 0 Å². The Balaban J connectivity index is 1.59. The van der Waals surface area contributed by atoms with Crippen LogP contribution in [0.2, 0.25) is 15.1 Å². The van der Waals surface area contributed by atoms with Crippen molar-refractivity contribution in [2.24, 2.45) is 5.10 Å². The summed E-state index contributed by atoms with van der Waals surface area (Å²) in [5.74, 6) is -0.262. The van der Waals surface area contributed by atoms with Gasteiger partial charge in [0.1, 0.15) is 5.75 Å². The van der Waals surface area contributed by atoms with Crippen molar-refractivity contribution >= 4 is 58.0 Å². The summed E-state index contributed by atoms with van der Waals surface area (Å²) in [6, 6.07) is 18.4. The molecule has 0 fully saturated rings. The Morgan fingerprint density at radius 3 is 2.38 bits per heavy atom. The van der Waals surface area contributed by atoms with Crippen LogP contribution in [-0.2, 0) is 4.79 Å². The predicted molar refractivity (Wildman–Crippen MR) is 128 cm³/mol. The summed E-state index contributed by atoms with van der Waals surface area (Å²) < 4.78 is 5.38. The van der Waals surface area contributed by atoms with Gasteiger partial charge in [-0.2, -0.15) is 5.10 Å². The van der Waals surface area contributed by atoms with Gasteiger partial charge in [-0.3, -0.25) is 9.59 Å². The number of anilines is 1. The fraction of sp³-hybridized carbons (Fsp3) is 0.0870. The highest BCUT2D eigenvalue weighted by atomic mass is 35.5. The quantitative estimate of drug-likeness (QED) is 0.323. The van der Waals surface area contributed by atoms with Crippen LogP contribution in [0.5, 0.6) is 5.75 Å². The molecular formula is C23H18Cl3N3O3. The molecule has 0 aliphatic rings. The molecule has 0 radical (unpaired) electrons. The Morgan fingerprint density at radius 1 is 0.938 bits per heavy atom. The molecule has 0 unspecified atom stereocenters. The number of benzene rings is 3. The van der Waals surface area contributed by atoms with Gasteiger partial charge in [0.05, 0.1) is 16.3 Å². The third-order valence-corrected chi connectivity index (χ3v) is 5.05. The molecule has 3 aromatic rings. The molecule has 0 saturated heterocycles. The number of hydrazone groups is 1. The Morgan fingerprint density at radius 2 is 1.66 bits per heavy atom. The van der Waals surface area contributed by atoms with Gasteiger partial charge in [-0.25, -0.2) is 5.43 Å². The minimum Gasteiger partial charge on any atom is -0.484 e. The summed E-state index contributed by atoms with van der Waals surface area (Å²) in [4.78, 5) is 24.5. The summed E-state index contributed by atoms with van der Waals surface area (Å²) in [5.41, 5.74) is 4.55. The molecule has 2 N–H and O–H groups in total. The van der Waals surface area contributed by atoms with E-state index in [1.54, 1.807) is 67.6 Å². The number of rotatable bonds is 7. The van der Waals surface area contributed by atoms with E-state index < -0.39 is 5.91 Å². The Kier molecular flexibility index (Phi) is 8.11. The Hall–Kier alpha value is -3.06. The maximum atomic E-state index is 12.5. The Labute approximate surface area is 200 Å². The second kappa shape index (κ2) is 11.0. The number of amides is 2. The summed E-state index contributed by atoms with van der Waals surface area (Å²) in [5, 5.41) is 8.16. The SMILES string of the molecule is C/C(=N/NC(=O)COc1ccc(Cl)cc1)c1cccc(NC(=O)c2ccc(Cl)cc2Cl)c1. The van der Waals surface area contributed by atoms with E-state index in [9.17, 15) is 9.59 Å². The first-order chi connectivity index (χ1) is 15.3. The molecule has 164 valence electrons. The highest BCUT2D eigenvalue weighted by Gasteiger charge is 2.12. The third-order valence-electron chi connectivity index (χ3n) is 4.25. The van der Waals surface area contributed by atoms with Crippen LogP contribution in [0.4, 0.5) is 5.69 Å². The van der Waals surface area contributed by atoms with E-state index in [1.165, 1.54) is 6.07 Å². The van der Waals surface area contributed by atoms with Gasteiger partial charge >= 0.3 is 0 Å². The van der Waals surface area contributed by atoms with Crippen molar-refractivity contribution in [3.05, 3.63) is 92.9 Å². The van der Waals surface area contributed by atoms with Gasteiger partial charge in [0.15, 0.2) is 6.61 Å². The topological polar surface area (TPSA) is 79.8 Å². The lowest BCUT2D eigenvalue weighted by Gasteiger charge is -2.09. The van der Waals surface area contributed by atoms with Gasteiger partial charge in [0, 0.05) is 15.7 Å². The van der Waals surface area contributed by atoms with Crippen LogP contribution in [0.25, 0.3) is 0 Å². The molecule has 0 saturated carbocycles. The highest BCUT2D eigenvalue weighted by molar-refractivity contribution is 6.37. The fourth-order valence-corrected chi connectivity index (χ4v) is 3.24. The first-order valence-electron chi connectivity index (χ1n) is 9.40. The minimum absolute atomic E-state index is 0.198. The molecule has 2 amide bonds. The van der Waals surface area contributed by atoms with E-state index in [4.69, 9.17) is 39.5 Å². The highest BCUT2D eigenvalue weighted by Crippen LogP contribution is 2.22. The van der Waals surface area contributed by atoms with Crippen molar-refractivity contribution in [3.63, 3.8) is 0 Å². The molecule has 0 aliphatic heterocycles. The van der Waals surface area contributed by atoms with E-state index >= 15 is 0 Å². The first kappa shape index (κ1) is 23.6. The van der Waals surface area contributed by atoms with Gasteiger partial charge in [-0.15, -0.1) is 0 Å². The lowest BCUT2D eigenvalue weighted by molar-refractivity contribution is -0.123. The number of carbonyl (C=O) groups excluding carboxylic acids is 2. The van der Waals surface area contributed by atoms with Gasteiger partial charge in [-0.05, 0) is 67.1 Å². The molecule has 0 bridgehead atoms. The van der Waals surface area contributed by atoms with Crippen LogP contribution in [0.1, 0.15) is 22.8 Å². The van der Waals surface area contributed by atoms with Crippen LogP contribution in [0.15, 0.2) is 71.8 Å². The molecule has 0 spiro atoms. The molecule has 0 heterocycles. The number of hydrogen-bond acceptors (Lipinski definition) is 4. The van der Waals surface area contributed by atoms with E-state index in [-0.39, 0.29) is 17.5 Å². The largest absolute Gasteiger partial charge is 0.484 e. The number of nitrogens with one attached hydrogen (secondary N) is 2. The maximum Gasteiger partial charge on any atom is 0.277 e. The summed E-state index contributed by atoms with van der Waals surface area (Å²) in [7, 11) is 0. The third kappa shape index (κ3) is 6.72. The van der Waals surface area contributed by atoms with Crippen molar-refractivity contribution in [2.75, 3.05) is 11.9 Å². The average molecular weight is 491 g/mol. The number of carbonyl (C=O) groups is 2. The van der Waals surface area contributed by atoms with Gasteiger partial charge in [0.2, 0.25) is 0 Å². The van der Waals surface area contributed by atoms with E-state index in [2.05, 4.69) is 15.8 Å². The summed E-state index contributed by atoms with van der Waals surface area (Å²) >= 11 is 17.8. The zero-order valence-electron chi connectivity index (χ0n) is 16.9. The lowest BCUT2D eigenvalue weighted by atomic mass is 10.1. The number of hydrogen-bond donors (Lipinski definition) is 2. The first-order valence-corrected chi connectivity index (χ1v) is 10.5. The second-order valence-electron chi connectivity index (χ2n) is 6.63. The van der Waals surface area contributed by atoms with Gasteiger partial charge in [0.25, 0.3) is 11.8 Å². The van der Waals surface area contributed by atoms with Crippen molar-refractivity contribution in [1.29, 1.82) is 0 Å². The predicted octanol–water partition coefficient (Wildman–Crippen LogP) is 5.82. The number of halogens is 3. The molecule has 0 atom stereocenters. The molecule has 0 aliphatic carbocycles.